The van der Waals surface area contributed by atoms with Crippen LogP contribution in [-0.4, -0.2) is 18.7 Å². The van der Waals surface area contributed by atoms with E-state index in [4.69, 9.17) is 17.9 Å². The standard InChI is InChI=1S/C76H59N5O.Pt/c1-47-21-19-22-48(2)72(47)49-39-63-57-27-11-9-25-55(57)56-26-10-12-28-58(56)64-41-51(76(6,7)8)42-69-73(64)79(74(63)70(40-49)80-65-32-16-13-29-59(65)60-30-14-17-33-66(60)80)46-78(69)52-23-20-24-53(44-52)82-54-35-36-62-61-31-15-18-34-67(61)81(68(62)45-54)71-43-50(37-38-77-71)75(3,4)5;/h9-43H,1-8H3;/q-2;/i1D3,2D3,9D,10D,11D,12D,25D,26D,27D,28D;. The average molecular weight is 1270 g/mol. The minimum absolute atomic E-state index is 0. The maximum absolute atomic E-state index is 10.2. The quantitative estimate of drug-likeness (QED) is 0.123. The number of ether oxygens (including phenoxy) is 1. The van der Waals surface area contributed by atoms with Crippen LogP contribution in [0.25, 0.3) is 122 Å². The van der Waals surface area contributed by atoms with E-state index in [2.05, 4.69) is 62.0 Å². The van der Waals surface area contributed by atoms with Crippen molar-refractivity contribution >= 4 is 54.6 Å². The number of hydrogen-bond donors (Lipinski definition) is 0. The van der Waals surface area contributed by atoms with Gasteiger partial charge in [-0.1, -0.05) is 174 Å². The van der Waals surface area contributed by atoms with Gasteiger partial charge in [0.15, 0.2) is 0 Å². The number of fused-ring (bicyclic) bond motifs is 13. The Kier molecular flexibility index (Phi) is 9.08. The van der Waals surface area contributed by atoms with E-state index in [0.29, 0.717) is 39.1 Å². The molecule has 1 aliphatic heterocycles. The van der Waals surface area contributed by atoms with Crippen molar-refractivity contribution in [1.29, 1.82) is 0 Å². The topological polar surface area (TPSA) is 40.8 Å². The molecular formula is C76H59N5OPt-2. The molecule has 4 aromatic heterocycles. The van der Waals surface area contributed by atoms with Gasteiger partial charge >= 0.3 is 0 Å². The largest absolute Gasteiger partial charge is 0.510 e. The molecule has 0 fully saturated rings. The van der Waals surface area contributed by atoms with Crippen LogP contribution in [0.3, 0.4) is 0 Å². The van der Waals surface area contributed by atoms with E-state index in [1.807, 2.05) is 135 Å². The third-order valence-electron chi connectivity index (χ3n) is 15.9. The molecule has 0 unspecified atom stereocenters. The molecule has 14 aromatic rings. The smallest absolute Gasteiger partial charge is 0.268 e. The summed E-state index contributed by atoms with van der Waals surface area (Å²) in [6, 6.07) is 50.2. The van der Waals surface area contributed by atoms with Gasteiger partial charge in [0.1, 0.15) is 5.82 Å². The monoisotopic (exact) mass is 1270 g/mol. The first kappa shape index (κ1) is 38.6. The predicted molar refractivity (Wildman–Crippen MR) is 336 cm³/mol. The summed E-state index contributed by atoms with van der Waals surface area (Å²) >= 11 is 0. The average Bonchev–Trinajstić information content (AvgIpc) is 1.62. The summed E-state index contributed by atoms with van der Waals surface area (Å²) in [6.45, 7) is 6.72. The molecule has 0 atom stereocenters. The normalized spacial score (nSPS) is 15.0. The van der Waals surface area contributed by atoms with E-state index in [0.717, 1.165) is 44.0 Å². The van der Waals surface area contributed by atoms with Crippen molar-refractivity contribution in [3.8, 4) is 78.9 Å². The number of nitrogens with zero attached hydrogens (tertiary/aromatic N) is 5. The molecule has 5 heterocycles. The molecule has 0 saturated carbocycles. The van der Waals surface area contributed by atoms with Crippen LogP contribution < -0.4 is 9.30 Å². The van der Waals surface area contributed by atoms with Gasteiger partial charge in [0, 0.05) is 63.3 Å². The maximum atomic E-state index is 10.2. The minimum Gasteiger partial charge on any atom is -0.510 e. The minimum atomic E-state index is -2.90. The van der Waals surface area contributed by atoms with Crippen molar-refractivity contribution in [2.24, 2.45) is 0 Å². The summed E-state index contributed by atoms with van der Waals surface area (Å²) in [5.74, 6) is 1.38. The molecule has 0 amide bonds. The molecule has 10 aromatic carbocycles. The van der Waals surface area contributed by atoms with Crippen molar-refractivity contribution in [2.75, 3.05) is 0 Å². The fraction of sp³-hybridized carbons (Fsp3) is 0.132. The fourth-order valence-corrected chi connectivity index (χ4v) is 11.9. The molecule has 0 saturated heterocycles. The Morgan fingerprint density at radius 3 is 1.73 bits per heavy atom. The number of hydrogen-bond acceptors (Lipinski definition) is 2. The predicted octanol–water partition coefficient (Wildman–Crippen LogP) is 18.9. The Hall–Kier alpha value is -9.09. The van der Waals surface area contributed by atoms with E-state index >= 15 is 0 Å². The molecule has 7 heteroatoms. The molecule has 0 bridgehead atoms. The fourth-order valence-electron chi connectivity index (χ4n) is 11.9. The van der Waals surface area contributed by atoms with Crippen LogP contribution in [0.4, 0.5) is 0 Å². The molecule has 83 heavy (non-hydrogen) atoms. The summed E-state index contributed by atoms with van der Waals surface area (Å²) in [5.41, 5.74) is 4.37. The van der Waals surface area contributed by atoms with Gasteiger partial charge in [-0.15, -0.1) is 29.7 Å². The molecular weight excluding hydrogens is 1190 g/mol. The van der Waals surface area contributed by atoms with Crippen LogP contribution in [0.1, 0.15) is 83.0 Å². The Balaban J connectivity index is 0.00000807. The van der Waals surface area contributed by atoms with Crippen LogP contribution in [0, 0.1) is 32.2 Å². The van der Waals surface area contributed by atoms with E-state index in [1.165, 1.54) is 18.2 Å². The van der Waals surface area contributed by atoms with Gasteiger partial charge in [0.25, 0.3) is 6.33 Å². The first-order chi connectivity index (χ1) is 45.5. The number of pyridine rings is 1. The van der Waals surface area contributed by atoms with Crippen LogP contribution in [0.15, 0.2) is 212 Å². The third kappa shape index (κ3) is 8.40. The van der Waals surface area contributed by atoms with Crippen molar-refractivity contribution in [3.63, 3.8) is 0 Å². The summed E-state index contributed by atoms with van der Waals surface area (Å²) in [4.78, 5) is 4.87. The van der Waals surface area contributed by atoms with Gasteiger partial charge in [0.05, 0.1) is 44.4 Å². The first-order valence-corrected chi connectivity index (χ1v) is 27.2. The number of para-hydroxylation sites is 3. The first-order valence-electron chi connectivity index (χ1n) is 34.2. The third-order valence-corrected chi connectivity index (χ3v) is 15.9. The molecule has 0 radical (unpaired) electrons. The van der Waals surface area contributed by atoms with Crippen LogP contribution in [0.2, 0.25) is 0 Å². The molecule has 0 aliphatic carbocycles. The second kappa shape index (κ2) is 19.5. The van der Waals surface area contributed by atoms with Crippen LogP contribution >= 0.6 is 0 Å². The SMILES string of the molecule is [2H]c1c([2H])c([2H])c2c(c1[2H])-c1cc(-c3c(C([2H])([2H])[2H])cccc3C([2H])([2H])[2H])cc(-n3c4ccccc4c4ccccc43)c1-[n+]1[c-]n(-c3[c-]c(Oc4[c-]c5c(cc4)c4ccccc4n5-c4cc(C(C)(C)C)ccn4)ccc3)c3cc(C(C)(C)C)cc(c31)-c1c([2H])c([2H])c([2H])c([2H])c1-2.[Pt]. The van der Waals surface area contributed by atoms with Crippen molar-refractivity contribution in [3.05, 3.63) is 253 Å². The summed E-state index contributed by atoms with van der Waals surface area (Å²) in [6.07, 6.45) is 5.53. The van der Waals surface area contributed by atoms with Crippen LogP contribution in [-0.2, 0) is 31.9 Å². The number of aryl methyl sites for hydroxylation is 2. The van der Waals surface area contributed by atoms with Gasteiger partial charge in [-0.25, -0.2) is 4.98 Å². The van der Waals surface area contributed by atoms with E-state index < -0.39 is 67.5 Å². The zero-order chi connectivity index (χ0) is 67.7. The summed E-state index contributed by atoms with van der Waals surface area (Å²) < 4.78 is 146. The van der Waals surface area contributed by atoms with Gasteiger partial charge in [-0.05, 0) is 151 Å². The van der Waals surface area contributed by atoms with E-state index in [1.54, 1.807) is 27.3 Å². The Labute approximate surface area is 518 Å². The number of rotatable bonds is 6. The van der Waals surface area contributed by atoms with Crippen LogP contribution in [0.5, 0.6) is 11.5 Å². The molecule has 15 rings (SSSR count). The maximum Gasteiger partial charge on any atom is 0.268 e. The number of aromatic nitrogens is 5. The zero-order valence-corrected chi connectivity index (χ0v) is 48.3. The zero-order valence-electron chi connectivity index (χ0n) is 60.0. The molecule has 406 valence electrons. The molecule has 0 N–H and O–H groups in total. The second-order valence-electron chi connectivity index (χ2n) is 23.0. The Morgan fingerprint density at radius 1 is 0.518 bits per heavy atom. The second-order valence-corrected chi connectivity index (χ2v) is 23.0. The number of benzene rings is 10. The van der Waals surface area contributed by atoms with Gasteiger partial charge in [0.2, 0.25) is 0 Å². The van der Waals surface area contributed by atoms with Crippen molar-refractivity contribution < 1.29 is 49.6 Å². The number of imidazole rings is 1. The van der Waals surface area contributed by atoms with E-state index in [-0.39, 0.29) is 99.2 Å². The van der Waals surface area contributed by atoms with Gasteiger partial charge < -0.3 is 18.4 Å². The summed E-state index contributed by atoms with van der Waals surface area (Å²) in [5, 5.41) is 3.56. The Bertz CT molecular complexity index is 5610. The molecule has 0 spiro atoms. The van der Waals surface area contributed by atoms with Gasteiger partial charge in [-0.3, -0.25) is 4.57 Å². The summed E-state index contributed by atoms with van der Waals surface area (Å²) in [7, 11) is 0. The molecule has 6 nitrogen and oxygen atoms in total. The Morgan fingerprint density at radius 2 is 1.10 bits per heavy atom. The van der Waals surface area contributed by atoms with Gasteiger partial charge in [-0.2, -0.15) is 18.2 Å². The van der Waals surface area contributed by atoms with Crippen molar-refractivity contribution in [2.45, 2.75) is 66.1 Å². The molecule has 1 aliphatic rings. The van der Waals surface area contributed by atoms with Crippen molar-refractivity contribution in [1.82, 2.24) is 18.7 Å². The van der Waals surface area contributed by atoms with E-state index in [9.17, 15) is 11.0 Å².